The van der Waals surface area contributed by atoms with Crippen LogP contribution in [0.4, 0.5) is 11.4 Å². The van der Waals surface area contributed by atoms with Gasteiger partial charge in [-0.1, -0.05) is 24.3 Å². The number of hydrogen-bond donors (Lipinski definition) is 0. The summed E-state index contributed by atoms with van der Waals surface area (Å²) in [5.41, 5.74) is 2.60. The lowest BCUT2D eigenvalue weighted by Gasteiger charge is -2.38. The second kappa shape index (κ2) is 4.88. The minimum absolute atomic E-state index is 0.916. The van der Waals surface area contributed by atoms with Crippen LogP contribution in [0.1, 0.15) is 0 Å². The Bertz CT molecular complexity index is 347. The molecular weight excluding hydrogens is 196 g/mol. The van der Waals surface area contributed by atoms with Gasteiger partial charge in [0.1, 0.15) is 0 Å². The second-order valence-electron chi connectivity index (χ2n) is 3.96. The van der Waals surface area contributed by atoms with Crippen LogP contribution in [0.2, 0.25) is 0 Å². The molecular formula is C14H18N2. The molecule has 1 aromatic rings. The zero-order valence-electron chi connectivity index (χ0n) is 9.60. The first kappa shape index (κ1) is 10.8. The summed E-state index contributed by atoms with van der Waals surface area (Å²) in [5, 5.41) is 0. The molecule has 0 N–H and O–H groups in total. The van der Waals surface area contributed by atoms with Crippen molar-refractivity contribution in [1.82, 2.24) is 0 Å². The number of anilines is 2. The van der Waals surface area contributed by atoms with Gasteiger partial charge in [-0.05, 0) is 12.1 Å². The first-order valence-electron chi connectivity index (χ1n) is 5.67. The predicted octanol–water partition coefficient (Wildman–Crippen LogP) is 2.69. The lowest BCUT2D eigenvalue weighted by atomic mass is 10.1. The monoisotopic (exact) mass is 214 g/mol. The van der Waals surface area contributed by atoms with Gasteiger partial charge in [0.15, 0.2) is 0 Å². The zero-order chi connectivity index (χ0) is 11.4. The Morgan fingerprint density at radius 1 is 0.938 bits per heavy atom. The van der Waals surface area contributed by atoms with Crippen LogP contribution < -0.4 is 9.80 Å². The van der Waals surface area contributed by atoms with Crippen molar-refractivity contribution >= 4 is 11.4 Å². The molecule has 1 aliphatic rings. The van der Waals surface area contributed by atoms with Crippen molar-refractivity contribution in [3.8, 4) is 0 Å². The third-order valence-electron chi connectivity index (χ3n) is 2.90. The molecule has 2 rings (SSSR count). The fourth-order valence-electron chi connectivity index (χ4n) is 2.17. The van der Waals surface area contributed by atoms with Gasteiger partial charge in [-0.15, -0.1) is 13.2 Å². The quantitative estimate of drug-likeness (QED) is 0.711. The summed E-state index contributed by atoms with van der Waals surface area (Å²) >= 11 is 0. The first-order chi connectivity index (χ1) is 7.86. The van der Waals surface area contributed by atoms with Gasteiger partial charge >= 0.3 is 0 Å². The van der Waals surface area contributed by atoms with Gasteiger partial charge in [-0.25, -0.2) is 0 Å². The van der Waals surface area contributed by atoms with Gasteiger partial charge in [-0.3, -0.25) is 0 Å². The summed E-state index contributed by atoms with van der Waals surface area (Å²) < 4.78 is 0. The van der Waals surface area contributed by atoms with Crippen LogP contribution in [0, 0.1) is 0 Å². The fourth-order valence-corrected chi connectivity index (χ4v) is 2.17. The highest BCUT2D eigenvalue weighted by Crippen LogP contribution is 2.32. The second-order valence-corrected chi connectivity index (χ2v) is 3.96. The Morgan fingerprint density at radius 2 is 1.38 bits per heavy atom. The summed E-state index contributed by atoms with van der Waals surface area (Å²) in [5.74, 6) is 0. The first-order valence-corrected chi connectivity index (χ1v) is 5.67. The van der Waals surface area contributed by atoms with Crippen molar-refractivity contribution in [1.29, 1.82) is 0 Å². The van der Waals surface area contributed by atoms with Crippen LogP contribution in [0.5, 0.6) is 0 Å². The predicted molar refractivity (Wildman–Crippen MR) is 71.3 cm³/mol. The van der Waals surface area contributed by atoms with E-state index in [1.807, 2.05) is 12.2 Å². The minimum Gasteiger partial charge on any atom is -0.364 e. The molecule has 0 aliphatic carbocycles. The molecule has 0 radical (unpaired) electrons. The molecule has 0 aromatic heterocycles. The Balaban J connectivity index is 2.31. The van der Waals surface area contributed by atoms with Crippen LogP contribution in [0.25, 0.3) is 0 Å². The molecule has 0 fully saturated rings. The summed E-state index contributed by atoms with van der Waals surface area (Å²) in [6.45, 7) is 11.6. The Kier molecular flexibility index (Phi) is 3.30. The van der Waals surface area contributed by atoms with E-state index in [0.29, 0.717) is 0 Å². The van der Waals surface area contributed by atoms with Crippen LogP contribution >= 0.6 is 0 Å². The van der Waals surface area contributed by atoms with Crippen LogP contribution in [0.3, 0.4) is 0 Å². The number of rotatable bonds is 4. The molecule has 0 atom stereocenters. The zero-order valence-corrected chi connectivity index (χ0v) is 9.60. The molecule has 16 heavy (non-hydrogen) atoms. The van der Waals surface area contributed by atoms with Gasteiger partial charge in [0.05, 0.1) is 11.4 Å². The highest BCUT2D eigenvalue weighted by Gasteiger charge is 2.19. The minimum atomic E-state index is 0.916. The van der Waals surface area contributed by atoms with E-state index in [1.165, 1.54) is 11.4 Å². The highest BCUT2D eigenvalue weighted by atomic mass is 15.3. The van der Waals surface area contributed by atoms with Gasteiger partial charge in [-0.2, -0.15) is 0 Å². The van der Waals surface area contributed by atoms with Crippen LogP contribution in [-0.2, 0) is 0 Å². The SMILES string of the molecule is C=CCN1CCN(CC=C)c2ccccc21. The van der Waals surface area contributed by atoms with Crippen molar-refractivity contribution < 1.29 is 0 Å². The van der Waals surface area contributed by atoms with E-state index < -0.39 is 0 Å². The van der Waals surface area contributed by atoms with Crippen molar-refractivity contribution in [3.63, 3.8) is 0 Å². The molecule has 0 saturated carbocycles. The Morgan fingerprint density at radius 3 is 1.75 bits per heavy atom. The standard InChI is InChI=1S/C14H18N2/c1-3-9-15-11-12-16(10-4-2)14-8-6-5-7-13(14)15/h3-8H,1-2,9-12H2. The van der Waals surface area contributed by atoms with E-state index in [1.54, 1.807) is 0 Å². The van der Waals surface area contributed by atoms with Gasteiger partial charge < -0.3 is 9.80 Å². The van der Waals surface area contributed by atoms with E-state index in [-0.39, 0.29) is 0 Å². The molecule has 0 spiro atoms. The summed E-state index contributed by atoms with van der Waals surface area (Å²) in [6, 6.07) is 8.53. The number of fused-ring (bicyclic) bond motifs is 1. The van der Waals surface area contributed by atoms with E-state index in [4.69, 9.17) is 0 Å². The third kappa shape index (κ3) is 1.96. The largest absolute Gasteiger partial charge is 0.364 e. The maximum Gasteiger partial charge on any atom is 0.0607 e. The molecule has 2 nitrogen and oxygen atoms in total. The average Bonchev–Trinajstić information content (AvgIpc) is 2.33. The molecule has 0 amide bonds. The molecule has 0 saturated heterocycles. The number of nitrogens with zero attached hydrogens (tertiary/aromatic N) is 2. The normalized spacial score (nSPS) is 14.5. The number of benzene rings is 1. The van der Waals surface area contributed by atoms with Crippen molar-refractivity contribution in [2.45, 2.75) is 0 Å². The van der Waals surface area contributed by atoms with E-state index in [2.05, 4.69) is 47.2 Å². The maximum atomic E-state index is 3.81. The fraction of sp³-hybridized carbons (Fsp3) is 0.286. The summed E-state index contributed by atoms with van der Waals surface area (Å²) in [6.07, 6.45) is 3.92. The molecule has 0 bridgehead atoms. The summed E-state index contributed by atoms with van der Waals surface area (Å²) in [7, 11) is 0. The smallest absolute Gasteiger partial charge is 0.0607 e. The highest BCUT2D eigenvalue weighted by molar-refractivity contribution is 5.73. The van der Waals surface area contributed by atoms with Crippen molar-refractivity contribution in [2.75, 3.05) is 36.0 Å². The van der Waals surface area contributed by atoms with Crippen molar-refractivity contribution in [3.05, 3.63) is 49.6 Å². The molecule has 0 unspecified atom stereocenters. The van der Waals surface area contributed by atoms with Gasteiger partial charge in [0.25, 0.3) is 0 Å². The average molecular weight is 214 g/mol. The van der Waals surface area contributed by atoms with E-state index in [0.717, 1.165) is 26.2 Å². The molecule has 1 heterocycles. The molecule has 84 valence electrons. The van der Waals surface area contributed by atoms with Gasteiger partial charge in [0, 0.05) is 26.2 Å². The number of para-hydroxylation sites is 2. The Labute approximate surface area is 97.5 Å². The summed E-state index contributed by atoms with van der Waals surface area (Å²) in [4.78, 5) is 4.73. The topological polar surface area (TPSA) is 6.48 Å². The third-order valence-corrected chi connectivity index (χ3v) is 2.90. The van der Waals surface area contributed by atoms with Gasteiger partial charge in [0.2, 0.25) is 0 Å². The lowest BCUT2D eigenvalue weighted by Crippen LogP contribution is -2.41. The molecule has 1 aliphatic heterocycles. The van der Waals surface area contributed by atoms with Crippen LogP contribution in [-0.4, -0.2) is 26.2 Å². The molecule has 2 heteroatoms. The van der Waals surface area contributed by atoms with Crippen molar-refractivity contribution in [2.24, 2.45) is 0 Å². The molecule has 1 aromatic carbocycles. The Hall–Kier alpha value is -1.70. The van der Waals surface area contributed by atoms with Crippen LogP contribution in [0.15, 0.2) is 49.6 Å². The lowest BCUT2D eigenvalue weighted by molar-refractivity contribution is 0.751. The van der Waals surface area contributed by atoms with E-state index >= 15 is 0 Å². The maximum absolute atomic E-state index is 3.81. The number of hydrogen-bond acceptors (Lipinski definition) is 2. The van der Waals surface area contributed by atoms with E-state index in [9.17, 15) is 0 Å².